The first-order valence-corrected chi connectivity index (χ1v) is 9.65. The van der Waals surface area contributed by atoms with E-state index in [1.807, 2.05) is 0 Å². The fourth-order valence-electron chi connectivity index (χ4n) is 2.62. The lowest BCUT2D eigenvalue weighted by molar-refractivity contribution is -0.0582. The molecule has 0 spiro atoms. The second kappa shape index (κ2) is 16.7. The van der Waals surface area contributed by atoms with Gasteiger partial charge in [-0.15, -0.1) is 0 Å². The molecule has 23 heavy (non-hydrogen) atoms. The summed E-state index contributed by atoms with van der Waals surface area (Å²) in [4.78, 5) is 0. The molecule has 0 bridgehead atoms. The van der Waals surface area contributed by atoms with E-state index in [0.29, 0.717) is 6.61 Å². The van der Waals surface area contributed by atoms with Crippen molar-refractivity contribution in [3.8, 4) is 0 Å². The van der Waals surface area contributed by atoms with Crippen LogP contribution in [0.5, 0.6) is 0 Å². The average Bonchev–Trinajstić information content (AvgIpc) is 2.59. The molecular weight excluding hydrogens is 292 g/mol. The lowest BCUT2D eigenvalue weighted by Gasteiger charge is -2.26. The maximum atomic E-state index is 9.18. The Hall–Kier alpha value is -0.160. The summed E-state index contributed by atoms with van der Waals surface area (Å²) in [6, 6.07) is 0. The van der Waals surface area contributed by atoms with Crippen LogP contribution in [0.2, 0.25) is 0 Å². The summed E-state index contributed by atoms with van der Waals surface area (Å²) < 4.78 is 5.48. The molecule has 0 unspecified atom stereocenters. The molecule has 0 heterocycles. The number of aliphatic hydroxyl groups is 3. The largest absolute Gasteiger partial charge is 0.396 e. The SMILES string of the molecule is CCCCCCCCCCCCCCOCC(CO)(CO)CO. The number of unbranched alkanes of at least 4 members (excludes halogenated alkanes) is 11. The highest BCUT2D eigenvalue weighted by Crippen LogP contribution is 2.16. The first-order chi connectivity index (χ1) is 11.2. The highest BCUT2D eigenvalue weighted by Gasteiger charge is 2.28. The van der Waals surface area contributed by atoms with Crippen molar-refractivity contribution in [3.63, 3.8) is 0 Å². The topological polar surface area (TPSA) is 69.9 Å². The third-order valence-electron chi connectivity index (χ3n) is 4.56. The maximum absolute atomic E-state index is 9.18. The minimum absolute atomic E-state index is 0.217. The van der Waals surface area contributed by atoms with Crippen molar-refractivity contribution in [3.05, 3.63) is 0 Å². The van der Waals surface area contributed by atoms with E-state index < -0.39 is 5.41 Å². The van der Waals surface area contributed by atoms with Gasteiger partial charge in [0.05, 0.1) is 31.8 Å². The second-order valence-electron chi connectivity index (χ2n) is 6.92. The molecule has 0 fully saturated rings. The highest BCUT2D eigenvalue weighted by molar-refractivity contribution is 4.76. The molecule has 4 heteroatoms. The standard InChI is InChI=1S/C19H40O4/c1-2-3-4-5-6-7-8-9-10-11-12-13-14-23-18-19(15-20,16-21)17-22/h20-22H,2-18H2,1H3. The normalized spacial score (nSPS) is 12.0. The highest BCUT2D eigenvalue weighted by atomic mass is 16.5. The van der Waals surface area contributed by atoms with E-state index in [0.717, 1.165) is 6.42 Å². The molecule has 0 aliphatic carbocycles. The van der Waals surface area contributed by atoms with Gasteiger partial charge in [-0.1, -0.05) is 77.6 Å². The molecule has 4 nitrogen and oxygen atoms in total. The van der Waals surface area contributed by atoms with E-state index in [1.165, 1.54) is 70.6 Å². The third-order valence-corrected chi connectivity index (χ3v) is 4.56. The van der Waals surface area contributed by atoms with Crippen LogP contribution >= 0.6 is 0 Å². The van der Waals surface area contributed by atoms with Crippen LogP contribution in [0.15, 0.2) is 0 Å². The fourth-order valence-corrected chi connectivity index (χ4v) is 2.62. The zero-order chi connectivity index (χ0) is 17.2. The van der Waals surface area contributed by atoms with Gasteiger partial charge in [-0.25, -0.2) is 0 Å². The number of aliphatic hydroxyl groups excluding tert-OH is 3. The Morgan fingerprint density at radius 3 is 1.39 bits per heavy atom. The molecule has 0 radical (unpaired) electrons. The van der Waals surface area contributed by atoms with Crippen molar-refractivity contribution < 1.29 is 20.1 Å². The molecule has 0 aromatic carbocycles. The summed E-state index contributed by atoms with van der Waals surface area (Å²) in [6.07, 6.45) is 15.8. The van der Waals surface area contributed by atoms with E-state index in [-0.39, 0.29) is 26.4 Å². The molecular formula is C19H40O4. The van der Waals surface area contributed by atoms with Crippen molar-refractivity contribution in [2.45, 2.75) is 84.0 Å². The zero-order valence-electron chi connectivity index (χ0n) is 15.3. The predicted octanol–water partition coefficient (Wildman–Crippen LogP) is 3.67. The second-order valence-corrected chi connectivity index (χ2v) is 6.92. The van der Waals surface area contributed by atoms with Crippen LogP contribution in [0.4, 0.5) is 0 Å². The average molecular weight is 333 g/mol. The first-order valence-electron chi connectivity index (χ1n) is 9.65. The monoisotopic (exact) mass is 332 g/mol. The minimum Gasteiger partial charge on any atom is -0.396 e. The molecule has 0 aliphatic rings. The molecule has 0 aromatic rings. The van der Waals surface area contributed by atoms with Crippen LogP contribution in [0.1, 0.15) is 84.0 Å². The summed E-state index contributed by atoms with van der Waals surface area (Å²) >= 11 is 0. The van der Waals surface area contributed by atoms with E-state index >= 15 is 0 Å². The van der Waals surface area contributed by atoms with Gasteiger partial charge < -0.3 is 20.1 Å². The van der Waals surface area contributed by atoms with Gasteiger partial charge in [-0.2, -0.15) is 0 Å². The van der Waals surface area contributed by atoms with Gasteiger partial charge in [0.1, 0.15) is 0 Å². The predicted molar refractivity (Wildman–Crippen MR) is 95.6 cm³/mol. The molecule has 0 amide bonds. The van der Waals surface area contributed by atoms with Gasteiger partial charge in [0.2, 0.25) is 0 Å². The molecule has 0 aromatic heterocycles. The van der Waals surface area contributed by atoms with E-state index in [1.54, 1.807) is 0 Å². The fraction of sp³-hybridized carbons (Fsp3) is 1.00. The summed E-state index contributed by atoms with van der Waals surface area (Å²) in [5.41, 5.74) is -0.892. The number of ether oxygens (including phenoxy) is 1. The van der Waals surface area contributed by atoms with Crippen molar-refractivity contribution in [2.24, 2.45) is 5.41 Å². The van der Waals surface area contributed by atoms with Crippen molar-refractivity contribution in [2.75, 3.05) is 33.0 Å². The van der Waals surface area contributed by atoms with Crippen LogP contribution in [-0.4, -0.2) is 48.4 Å². The Labute approximate surface area is 143 Å². The lowest BCUT2D eigenvalue weighted by atomic mass is 9.93. The third kappa shape index (κ3) is 12.9. The molecule has 140 valence electrons. The van der Waals surface area contributed by atoms with Gasteiger partial charge in [-0.05, 0) is 6.42 Å². The Morgan fingerprint density at radius 2 is 1.00 bits per heavy atom. The van der Waals surface area contributed by atoms with E-state index in [4.69, 9.17) is 4.74 Å². The van der Waals surface area contributed by atoms with Crippen molar-refractivity contribution in [1.29, 1.82) is 0 Å². The van der Waals surface area contributed by atoms with Crippen LogP contribution in [0, 0.1) is 5.41 Å². The van der Waals surface area contributed by atoms with Crippen molar-refractivity contribution >= 4 is 0 Å². The van der Waals surface area contributed by atoms with Crippen LogP contribution in [0.3, 0.4) is 0 Å². The Bertz CT molecular complexity index is 221. The number of rotatable bonds is 18. The molecule has 0 atom stereocenters. The van der Waals surface area contributed by atoms with Gasteiger partial charge in [-0.3, -0.25) is 0 Å². The summed E-state index contributed by atoms with van der Waals surface area (Å²) in [5, 5.41) is 27.5. The lowest BCUT2D eigenvalue weighted by Crippen LogP contribution is -2.38. The summed E-state index contributed by atoms with van der Waals surface area (Å²) in [6.45, 7) is 2.36. The zero-order valence-corrected chi connectivity index (χ0v) is 15.3. The van der Waals surface area contributed by atoms with Gasteiger partial charge in [0.15, 0.2) is 0 Å². The molecule has 0 saturated carbocycles. The summed E-state index contributed by atoms with van der Waals surface area (Å²) in [5.74, 6) is 0. The van der Waals surface area contributed by atoms with Crippen molar-refractivity contribution in [1.82, 2.24) is 0 Å². The first kappa shape index (κ1) is 22.8. The smallest absolute Gasteiger partial charge is 0.0629 e. The van der Waals surface area contributed by atoms with E-state index in [2.05, 4.69) is 6.92 Å². The van der Waals surface area contributed by atoms with E-state index in [9.17, 15) is 15.3 Å². The number of hydrogen-bond donors (Lipinski definition) is 3. The Morgan fingerprint density at radius 1 is 0.609 bits per heavy atom. The van der Waals surface area contributed by atoms with Gasteiger partial charge in [0, 0.05) is 6.61 Å². The Balaban J connectivity index is 3.25. The number of hydrogen-bond acceptors (Lipinski definition) is 4. The molecule has 0 rings (SSSR count). The molecule has 3 N–H and O–H groups in total. The van der Waals surface area contributed by atoms with Crippen LogP contribution in [0.25, 0.3) is 0 Å². The maximum Gasteiger partial charge on any atom is 0.0629 e. The molecule has 0 saturated heterocycles. The minimum atomic E-state index is -0.892. The van der Waals surface area contributed by atoms with Gasteiger partial charge in [0.25, 0.3) is 0 Å². The van der Waals surface area contributed by atoms with Crippen LogP contribution in [-0.2, 0) is 4.74 Å². The Kier molecular flexibility index (Phi) is 16.6. The molecule has 0 aliphatic heterocycles. The van der Waals surface area contributed by atoms with Crippen LogP contribution < -0.4 is 0 Å². The van der Waals surface area contributed by atoms with Gasteiger partial charge >= 0.3 is 0 Å². The quantitative estimate of drug-likeness (QED) is 0.335. The summed E-state index contributed by atoms with van der Waals surface area (Å²) in [7, 11) is 0.